The van der Waals surface area contributed by atoms with Gasteiger partial charge >= 0.3 is 6.09 Å². The molecule has 0 aromatic rings. The van der Waals surface area contributed by atoms with Crippen molar-refractivity contribution in [1.29, 1.82) is 0 Å². The van der Waals surface area contributed by atoms with Gasteiger partial charge in [0.25, 0.3) is 0 Å². The number of rotatable bonds is 4. The van der Waals surface area contributed by atoms with Crippen molar-refractivity contribution in [3.63, 3.8) is 0 Å². The van der Waals surface area contributed by atoms with Gasteiger partial charge in [-0.25, -0.2) is 4.79 Å². The molecule has 19 heavy (non-hydrogen) atoms. The molecule has 0 radical (unpaired) electrons. The van der Waals surface area contributed by atoms with E-state index in [1.807, 2.05) is 6.08 Å². The summed E-state index contributed by atoms with van der Waals surface area (Å²) in [7, 11) is 0. The molecule has 0 aliphatic heterocycles. The van der Waals surface area contributed by atoms with Crippen molar-refractivity contribution in [2.24, 2.45) is 5.92 Å². The first-order valence-corrected chi connectivity index (χ1v) is 7.61. The second-order valence-electron chi connectivity index (χ2n) is 5.52. The van der Waals surface area contributed by atoms with Gasteiger partial charge in [0.05, 0.1) is 0 Å². The lowest BCUT2D eigenvalue weighted by Crippen LogP contribution is -2.30. The van der Waals surface area contributed by atoms with E-state index in [9.17, 15) is 4.79 Å². The summed E-state index contributed by atoms with van der Waals surface area (Å²) < 4.78 is 5.39. The van der Waals surface area contributed by atoms with Crippen LogP contribution in [-0.2, 0) is 4.74 Å². The molecule has 1 N–H and O–H groups in total. The highest BCUT2D eigenvalue weighted by Crippen LogP contribution is 2.20. The fourth-order valence-corrected chi connectivity index (χ4v) is 2.77. The largest absolute Gasteiger partial charge is 0.446 e. The van der Waals surface area contributed by atoms with Crippen LogP contribution in [0.1, 0.15) is 51.4 Å². The van der Waals surface area contributed by atoms with Crippen LogP contribution in [0.2, 0.25) is 0 Å². The lowest BCUT2D eigenvalue weighted by atomic mass is 9.94. The Hall–Kier alpha value is -1.25. The van der Waals surface area contributed by atoms with Crippen LogP contribution in [0.25, 0.3) is 0 Å². The van der Waals surface area contributed by atoms with E-state index in [4.69, 9.17) is 4.74 Å². The highest BCUT2D eigenvalue weighted by molar-refractivity contribution is 5.67. The predicted octanol–water partition coefficient (Wildman–Crippen LogP) is 3.96. The fraction of sp³-hybridized carbons (Fsp3) is 0.688. The van der Waals surface area contributed by atoms with Gasteiger partial charge in [0.2, 0.25) is 0 Å². The van der Waals surface area contributed by atoms with E-state index in [0.29, 0.717) is 12.5 Å². The molecule has 1 amide bonds. The number of amides is 1. The molecule has 3 heteroatoms. The first-order valence-electron chi connectivity index (χ1n) is 7.61. The molecule has 1 saturated carbocycles. The first-order chi connectivity index (χ1) is 9.34. The number of carbonyl (C=O) groups is 1. The summed E-state index contributed by atoms with van der Waals surface area (Å²) in [6.45, 7) is 0.575. The molecule has 2 rings (SSSR count). The standard InChI is InChI=1S/C16H25NO2/c18-16(19-15-11-5-2-6-12-15)17-13-7-10-14-8-3-1-4-9-14/h1,3,7,10,14-15H,2,4-6,8-9,11-13H2,(H,17,18). The van der Waals surface area contributed by atoms with Gasteiger partial charge in [-0.05, 0) is 50.9 Å². The van der Waals surface area contributed by atoms with Gasteiger partial charge < -0.3 is 10.1 Å². The van der Waals surface area contributed by atoms with Gasteiger partial charge in [-0.15, -0.1) is 0 Å². The Morgan fingerprint density at radius 1 is 1.21 bits per heavy atom. The van der Waals surface area contributed by atoms with Crippen LogP contribution in [-0.4, -0.2) is 18.7 Å². The second-order valence-corrected chi connectivity index (χ2v) is 5.52. The van der Waals surface area contributed by atoms with Gasteiger partial charge in [0, 0.05) is 6.54 Å². The summed E-state index contributed by atoms with van der Waals surface area (Å²) in [5, 5.41) is 2.80. The molecule has 1 atom stereocenters. The maximum Gasteiger partial charge on any atom is 0.407 e. The first kappa shape index (κ1) is 14.2. The van der Waals surface area contributed by atoms with Crippen molar-refractivity contribution >= 4 is 6.09 Å². The molecule has 0 saturated heterocycles. The van der Waals surface area contributed by atoms with Crippen LogP contribution in [0, 0.1) is 5.92 Å². The molecule has 0 heterocycles. The lowest BCUT2D eigenvalue weighted by Gasteiger charge is -2.21. The van der Waals surface area contributed by atoms with E-state index in [0.717, 1.165) is 19.3 Å². The Morgan fingerprint density at radius 3 is 2.79 bits per heavy atom. The number of allylic oxidation sites excluding steroid dienone is 3. The molecule has 0 aromatic heterocycles. The minimum absolute atomic E-state index is 0.140. The molecule has 0 spiro atoms. The SMILES string of the molecule is O=C(NCC=CC1CC=CCC1)OC1CCCCC1. The third-order valence-corrected chi connectivity index (χ3v) is 3.91. The van der Waals surface area contributed by atoms with Crippen molar-refractivity contribution in [2.75, 3.05) is 6.54 Å². The van der Waals surface area contributed by atoms with Gasteiger partial charge in [0.1, 0.15) is 6.10 Å². The molecular weight excluding hydrogens is 238 g/mol. The normalized spacial score (nSPS) is 24.5. The summed E-state index contributed by atoms with van der Waals surface area (Å²) in [6.07, 6.45) is 17.8. The maximum atomic E-state index is 11.6. The van der Waals surface area contributed by atoms with Gasteiger partial charge in [-0.2, -0.15) is 0 Å². The highest BCUT2D eigenvalue weighted by atomic mass is 16.6. The Kier molecular flexibility index (Phi) is 5.99. The molecule has 3 nitrogen and oxygen atoms in total. The van der Waals surface area contributed by atoms with Gasteiger partial charge in [0.15, 0.2) is 0 Å². The zero-order valence-electron chi connectivity index (χ0n) is 11.6. The minimum Gasteiger partial charge on any atom is -0.446 e. The molecule has 1 unspecified atom stereocenters. The van der Waals surface area contributed by atoms with E-state index >= 15 is 0 Å². The van der Waals surface area contributed by atoms with Gasteiger partial charge in [-0.3, -0.25) is 0 Å². The number of alkyl carbamates (subject to hydrolysis) is 1. The van der Waals surface area contributed by atoms with Crippen LogP contribution in [0.5, 0.6) is 0 Å². The second kappa shape index (κ2) is 8.03. The van der Waals surface area contributed by atoms with Crippen LogP contribution in [0.15, 0.2) is 24.3 Å². The number of carbonyl (C=O) groups excluding carboxylic acids is 1. The Bertz CT molecular complexity index is 330. The lowest BCUT2D eigenvalue weighted by molar-refractivity contribution is 0.0761. The Balaban J connectivity index is 1.57. The molecule has 2 aliphatic rings. The monoisotopic (exact) mass is 263 g/mol. The predicted molar refractivity (Wildman–Crippen MR) is 77.0 cm³/mol. The minimum atomic E-state index is -0.264. The van der Waals surface area contributed by atoms with Gasteiger partial charge in [-0.1, -0.05) is 30.7 Å². The smallest absolute Gasteiger partial charge is 0.407 e. The topological polar surface area (TPSA) is 38.3 Å². The van der Waals surface area contributed by atoms with Crippen LogP contribution in [0.3, 0.4) is 0 Å². The van der Waals surface area contributed by atoms with Crippen molar-refractivity contribution in [2.45, 2.75) is 57.5 Å². The molecule has 106 valence electrons. The van der Waals surface area contributed by atoms with E-state index < -0.39 is 0 Å². The number of ether oxygens (including phenoxy) is 1. The average Bonchev–Trinajstić information content (AvgIpc) is 2.46. The van der Waals surface area contributed by atoms with E-state index in [-0.39, 0.29) is 12.2 Å². The molecular formula is C16H25NO2. The molecule has 0 bridgehead atoms. The summed E-state index contributed by atoms with van der Waals surface area (Å²) in [4.78, 5) is 11.6. The van der Waals surface area contributed by atoms with Crippen LogP contribution < -0.4 is 5.32 Å². The van der Waals surface area contributed by atoms with E-state index in [2.05, 4.69) is 23.5 Å². The zero-order chi connectivity index (χ0) is 13.3. The molecule has 1 fully saturated rings. The summed E-state index contributed by atoms with van der Waals surface area (Å²) >= 11 is 0. The number of nitrogens with one attached hydrogen (secondary N) is 1. The van der Waals surface area contributed by atoms with Crippen LogP contribution in [0.4, 0.5) is 4.79 Å². The summed E-state index contributed by atoms with van der Waals surface area (Å²) in [5.74, 6) is 0.640. The van der Waals surface area contributed by atoms with Crippen molar-refractivity contribution in [1.82, 2.24) is 5.32 Å². The van der Waals surface area contributed by atoms with Crippen molar-refractivity contribution < 1.29 is 9.53 Å². The number of hydrogen-bond donors (Lipinski definition) is 1. The van der Waals surface area contributed by atoms with E-state index in [1.165, 1.54) is 32.1 Å². The highest BCUT2D eigenvalue weighted by Gasteiger charge is 2.16. The fourth-order valence-electron chi connectivity index (χ4n) is 2.77. The summed E-state index contributed by atoms with van der Waals surface area (Å²) in [5.41, 5.74) is 0. The molecule has 2 aliphatic carbocycles. The quantitative estimate of drug-likeness (QED) is 0.780. The zero-order valence-corrected chi connectivity index (χ0v) is 11.6. The average molecular weight is 263 g/mol. The summed E-state index contributed by atoms with van der Waals surface area (Å²) in [6, 6.07) is 0. The number of hydrogen-bond acceptors (Lipinski definition) is 2. The Morgan fingerprint density at radius 2 is 2.05 bits per heavy atom. The van der Waals surface area contributed by atoms with Crippen molar-refractivity contribution in [3.05, 3.63) is 24.3 Å². The maximum absolute atomic E-state index is 11.6. The third kappa shape index (κ3) is 5.50. The Labute approximate surface area is 116 Å². The van der Waals surface area contributed by atoms with Crippen LogP contribution >= 0.6 is 0 Å². The molecule has 0 aromatic carbocycles. The van der Waals surface area contributed by atoms with Crippen molar-refractivity contribution in [3.8, 4) is 0 Å². The van der Waals surface area contributed by atoms with E-state index in [1.54, 1.807) is 0 Å². The third-order valence-electron chi connectivity index (χ3n) is 3.91.